The number of nitrogens with zero attached hydrogens (tertiary/aromatic N) is 2. The molecule has 4 atom stereocenters. The van der Waals surface area contributed by atoms with Crippen LogP contribution in [0.4, 0.5) is 0 Å². The maximum atomic E-state index is 12.7. The molecule has 1 amide bonds. The lowest BCUT2D eigenvalue weighted by Gasteiger charge is -2.46. The second-order valence-electron chi connectivity index (χ2n) is 8.74. The van der Waals surface area contributed by atoms with Gasteiger partial charge in [-0.1, -0.05) is 55.2 Å². The largest absolute Gasteiger partial charge is 0.480 e. The summed E-state index contributed by atoms with van der Waals surface area (Å²) in [6, 6.07) is 12.3. The van der Waals surface area contributed by atoms with Crippen molar-refractivity contribution in [2.24, 2.45) is 16.5 Å². The van der Waals surface area contributed by atoms with E-state index < -0.39 is 24.0 Å². The smallest absolute Gasteiger partial charge is 0.365 e. The number of β-lactam (4-membered cyclic amide) rings is 1. The molecule has 5 rings (SSSR count). The Morgan fingerprint density at radius 3 is 2.64 bits per heavy atom. The summed E-state index contributed by atoms with van der Waals surface area (Å²) in [5.74, 6) is 4.35. The predicted molar refractivity (Wildman–Crippen MR) is 132 cm³/mol. The van der Waals surface area contributed by atoms with E-state index in [2.05, 4.69) is 16.5 Å². The first-order chi connectivity index (χ1) is 17.4. The summed E-state index contributed by atoms with van der Waals surface area (Å²) >= 11 is 0. The SMILES string of the molecule is [B]N=POC(=O)C1=C(C#CCOc2cccc3c2-c2ccccc2C3=O)[C@H](C)C2C(C(C)O)C(=O)N12. The lowest BCUT2D eigenvalue weighted by Crippen LogP contribution is -2.63. The van der Waals surface area contributed by atoms with E-state index in [0.29, 0.717) is 22.4 Å². The molecular weight excluding hydrogens is 478 g/mol. The Kier molecular flexibility index (Phi) is 6.25. The second-order valence-corrected chi connectivity index (χ2v) is 9.31. The van der Waals surface area contributed by atoms with Crippen molar-refractivity contribution in [2.45, 2.75) is 26.0 Å². The van der Waals surface area contributed by atoms with Gasteiger partial charge in [0.05, 0.1) is 18.1 Å². The standard InChI is InChI=1S/C26H20BN2O6P/c1-13-15(23(26(33)35-36-28-27)29-22(13)20(14(2)30)25(29)32)10-6-12-34-19-11-5-9-18-21(19)16-7-3-4-8-17(16)24(18)31/h3-5,7-9,11,13-14,20,22,30H,12H2,1-2H3/t13-,14?,20?,22?/m0/s1. The number of benzene rings is 2. The molecule has 0 spiro atoms. The molecule has 178 valence electrons. The van der Waals surface area contributed by atoms with Gasteiger partial charge in [-0.3, -0.25) is 9.59 Å². The van der Waals surface area contributed by atoms with Crippen LogP contribution >= 0.6 is 8.60 Å². The van der Waals surface area contributed by atoms with E-state index in [4.69, 9.17) is 17.2 Å². The number of hydrogen-bond acceptors (Lipinski definition) is 7. The molecule has 8 nitrogen and oxygen atoms in total. The highest BCUT2D eigenvalue weighted by molar-refractivity contribution is 7.22. The molecule has 3 unspecified atom stereocenters. The summed E-state index contributed by atoms with van der Waals surface area (Å²) in [5.41, 5.74) is 3.23. The van der Waals surface area contributed by atoms with Gasteiger partial charge in [0, 0.05) is 28.2 Å². The highest BCUT2D eigenvalue weighted by Gasteiger charge is 2.60. The highest BCUT2D eigenvalue weighted by Crippen LogP contribution is 2.47. The van der Waals surface area contributed by atoms with Gasteiger partial charge < -0.3 is 23.9 Å². The van der Waals surface area contributed by atoms with Crippen LogP contribution in [0.3, 0.4) is 0 Å². The van der Waals surface area contributed by atoms with Crippen molar-refractivity contribution < 1.29 is 28.8 Å². The first kappa shape index (κ1) is 24.0. The molecule has 3 aliphatic rings. The van der Waals surface area contributed by atoms with Crippen molar-refractivity contribution in [1.82, 2.24) is 4.90 Å². The van der Waals surface area contributed by atoms with Crippen LogP contribution in [-0.2, 0) is 14.1 Å². The summed E-state index contributed by atoms with van der Waals surface area (Å²) in [4.78, 5) is 39.5. The van der Waals surface area contributed by atoms with E-state index in [9.17, 15) is 19.5 Å². The fourth-order valence-electron chi connectivity index (χ4n) is 5.23. The first-order valence-corrected chi connectivity index (χ1v) is 12.1. The van der Waals surface area contributed by atoms with Crippen LogP contribution in [0, 0.1) is 23.7 Å². The van der Waals surface area contributed by atoms with Crippen molar-refractivity contribution in [2.75, 3.05) is 6.61 Å². The van der Waals surface area contributed by atoms with Gasteiger partial charge in [0.25, 0.3) is 7.98 Å². The molecule has 2 heterocycles. The number of aliphatic hydroxyl groups excluding tert-OH is 1. The zero-order chi connectivity index (χ0) is 25.6. The molecule has 36 heavy (non-hydrogen) atoms. The van der Waals surface area contributed by atoms with Crippen LogP contribution in [0.15, 0.2) is 58.4 Å². The lowest BCUT2D eigenvalue weighted by molar-refractivity contribution is -0.162. The van der Waals surface area contributed by atoms with E-state index in [-0.39, 0.29) is 38.5 Å². The minimum absolute atomic E-state index is 0.0137. The number of fused-ring (bicyclic) bond motifs is 4. The number of carbonyl (C=O) groups excluding carboxylic acids is 3. The number of ether oxygens (including phenoxy) is 1. The number of amides is 1. The Morgan fingerprint density at radius 1 is 1.19 bits per heavy atom. The van der Waals surface area contributed by atoms with Gasteiger partial charge in [-0.2, -0.15) is 0 Å². The van der Waals surface area contributed by atoms with E-state index in [1.165, 1.54) is 4.90 Å². The zero-order valence-electron chi connectivity index (χ0n) is 19.5. The van der Waals surface area contributed by atoms with Crippen molar-refractivity contribution in [1.29, 1.82) is 0 Å². The maximum Gasteiger partial charge on any atom is 0.365 e. The Bertz CT molecular complexity index is 1420. The van der Waals surface area contributed by atoms with Crippen LogP contribution in [0.1, 0.15) is 29.8 Å². The first-order valence-electron chi connectivity index (χ1n) is 11.3. The number of ketones is 1. The minimum atomic E-state index is -0.864. The molecule has 1 aliphatic carbocycles. The third-order valence-corrected chi connectivity index (χ3v) is 7.11. The van der Waals surface area contributed by atoms with Crippen molar-refractivity contribution in [3.05, 3.63) is 64.9 Å². The van der Waals surface area contributed by atoms with Gasteiger partial charge in [0.1, 0.15) is 18.1 Å². The van der Waals surface area contributed by atoms with E-state index in [1.807, 2.05) is 25.1 Å². The molecule has 1 fully saturated rings. The predicted octanol–water partition coefficient (Wildman–Crippen LogP) is 3.06. The highest BCUT2D eigenvalue weighted by atomic mass is 31.1. The van der Waals surface area contributed by atoms with Crippen LogP contribution in [0.2, 0.25) is 0 Å². The summed E-state index contributed by atoms with van der Waals surface area (Å²) in [6.07, 6.45) is -0.864. The molecule has 0 bridgehead atoms. The molecule has 1 N–H and O–H groups in total. The quantitative estimate of drug-likeness (QED) is 0.251. The van der Waals surface area contributed by atoms with Gasteiger partial charge >= 0.3 is 5.97 Å². The Morgan fingerprint density at radius 2 is 1.92 bits per heavy atom. The molecule has 0 aromatic heterocycles. The summed E-state index contributed by atoms with van der Waals surface area (Å²) in [7, 11) is 4.97. The molecule has 2 aromatic carbocycles. The second kappa shape index (κ2) is 9.38. The Hall–Kier alpha value is -3.73. The fourth-order valence-corrected chi connectivity index (χ4v) is 5.43. The fraction of sp³-hybridized carbons (Fsp3) is 0.269. The lowest BCUT2D eigenvalue weighted by atomic mass is 9.78. The summed E-state index contributed by atoms with van der Waals surface area (Å²) in [5, 5.41) is 10.1. The molecule has 1 saturated heterocycles. The topological polar surface area (TPSA) is 106 Å². The number of rotatable bonds is 5. The van der Waals surface area contributed by atoms with Crippen molar-refractivity contribution >= 4 is 34.2 Å². The summed E-state index contributed by atoms with van der Waals surface area (Å²) in [6.45, 7) is 3.39. The minimum Gasteiger partial charge on any atom is -0.480 e. The van der Waals surface area contributed by atoms with Gasteiger partial charge in [0.15, 0.2) is 5.78 Å². The van der Waals surface area contributed by atoms with E-state index in [1.54, 1.807) is 31.2 Å². The molecule has 2 aromatic rings. The van der Waals surface area contributed by atoms with E-state index >= 15 is 0 Å². The monoisotopic (exact) mass is 498 g/mol. The molecule has 10 heteroatoms. The summed E-state index contributed by atoms with van der Waals surface area (Å²) < 4.78 is 14.2. The third-order valence-electron chi connectivity index (χ3n) is 6.77. The maximum absolute atomic E-state index is 12.7. The average Bonchev–Trinajstić information content (AvgIpc) is 3.29. The van der Waals surface area contributed by atoms with Crippen LogP contribution < -0.4 is 4.74 Å². The van der Waals surface area contributed by atoms with Crippen LogP contribution in [0.25, 0.3) is 11.1 Å². The Labute approximate surface area is 210 Å². The molecule has 0 saturated carbocycles. The number of carbonyl (C=O) groups is 3. The molecule has 2 aliphatic heterocycles. The number of aliphatic hydroxyl groups is 1. The zero-order valence-corrected chi connectivity index (χ0v) is 20.4. The third kappa shape index (κ3) is 3.65. The van der Waals surface area contributed by atoms with Gasteiger partial charge in [-0.15, -0.1) is 0 Å². The van der Waals surface area contributed by atoms with Gasteiger partial charge in [-0.05, 0) is 18.6 Å². The molecule has 2 radical (unpaired) electrons. The Balaban J connectivity index is 1.42. The average molecular weight is 498 g/mol. The van der Waals surface area contributed by atoms with Crippen molar-refractivity contribution in [3.8, 4) is 28.7 Å². The van der Waals surface area contributed by atoms with Crippen LogP contribution in [0.5, 0.6) is 5.75 Å². The molecular formula is C26H20BN2O6P. The van der Waals surface area contributed by atoms with Crippen LogP contribution in [-0.4, -0.2) is 54.4 Å². The van der Waals surface area contributed by atoms with Gasteiger partial charge in [-0.25, -0.2) is 4.79 Å². The van der Waals surface area contributed by atoms with Gasteiger partial charge in [0.2, 0.25) is 14.5 Å². The number of hydrogen-bond donors (Lipinski definition) is 1. The van der Waals surface area contributed by atoms with E-state index in [0.717, 1.165) is 11.1 Å². The van der Waals surface area contributed by atoms with Crippen molar-refractivity contribution in [3.63, 3.8) is 0 Å². The normalized spacial score (nSPS) is 22.4.